The maximum absolute atomic E-state index is 12.6. The van der Waals surface area contributed by atoms with Gasteiger partial charge < -0.3 is 0 Å². The lowest BCUT2D eigenvalue weighted by molar-refractivity contribution is 0.749. The number of nitrogens with zero attached hydrogens (tertiary/aromatic N) is 2. The topological polar surface area (TPSA) is 34.9 Å². The van der Waals surface area contributed by atoms with Crippen LogP contribution in [0.25, 0.3) is 10.2 Å². The number of thiophene rings is 1. The zero-order valence-corrected chi connectivity index (χ0v) is 12.6. The first-order chi connectivity index (χ1) is 9.56. The second-order valence-electron chi connectivity index (χ2n) is 5.13. The fourth-order valence-corrected chi connectivity index (χ4v) is 3.26. The molecule has 0 aliphatic carbocycles. The molecule has 0 saturated carbocycles. The predicted molar refractivity (Wildman–Crippen MR) is 83.6 cm³/mol. The molecule has 3 nitrogen and oxygen atoms in total. The molecule has 102 valence electrons. The van der Waals surface area contributed by atoms with Gasteiger partial charge in [-0.1, -0.05) is 29.8 Å². The molecule has 0 aliphatic rings. The van der Waals surface area contributed by atoms with E-state index in [4.69, 9.17) is 0 Å². The Bertz CT molecular complexity index is 828. The molecule has 1 aromatic carbocycles. The van der Waals surface area contributed by atoms with Gasteiger partial charge in [-0.25, -0.2) is 4.98 Å². The molecule has 4 heteroatoms. The van der Waals surface area contributed by atoms with Crippen molar-refractivity contribution in [2.45, 2.75) is 27.3 Å². The van der Waals surface area contributed by atoms with E-state index in [1.54, 1.807) is 22.2 Å². The van der Waals surface area contributed by atoms with Crippen LogP contribution < -0.4 is 5.56 Å². The van der Waals surface area contributed by atoms with Crippen LogP contribution in [-0.2, 0) is 6.54 Å². The molecule has 20 heavy (non-hydrogen) atoms. The van der Waals surface area contributed by atoms with E-state index in [0.717, 1.165) is 26.2 Å². The van der Waals surface area contributed by atoms with Crippen molar-refractivity contribution < 1.29 is 0 Å². The average molecular weight is 284 g/mol. The van der Waals surface area contributed by atoms with E-state index in [-0.39, 0.29) is 5.56 Å². The molecule has 0 amide bonds. The summed E-state index contributed by atoms with van der Waals surface area (Å²) in [6.45, 7) is 6.65. The fraction of sp³-hybridized carbons (Fsp3) is 0.250. The van der Waals surface area contributed by atoms with Gasteiger partial charge >= 0.3 is 0 Å². The smallest absolute Gasteiger partial charge is 0.262 e. The highest BCUT2D eigenvalue weighted by Crippen LogP contribution is 2.25. The third kappa shape index (κ3) is 2.16. The van der Waals surface area contributed by atoms with Crippen LogP contribution in [0.2, 0.25) is 0 Å². The van der Waals surface area contributed by atoms with Crippen molar-refractivity contribution in [3.8, 4) is 0 Å². The molecule has 0 fully saturated rings. The Morgan fingerprint density at radius 2 is 1.85 bits per heavy atom. The van der Waals surface area contributed by atoms with Gasteiger partial charge in [0.15, 0.2) is 0 Å². The summed E-state index contributed by atoms with van der Waals surface area (Å²) in [5, 5.41) is 0.766. The highest BCUT2D eigenvalue weighted by atomic mass is 32.1. The van der Waals surface area contributed by atoms with Gasteiger partial charge in [-0.05, 0) is 31.9 Å². The molecule has 0 N–H and O–H groups in total. The summed E-state index contributed by atoms with van der Waals surface area (Å²) in [4.78, 5) is 19.0. The minimum absolute atomic E-state index is 0.0532. The Hall–Kier alpha value is -1.94. The van der Waals surface area contributed by atoms with Crippen molar-refractivity contribution in [2.24, 2.45) is 0 Å². The summed E-state index contributed by atoms with van der Waals surface area (Å²) in [6.07, 6.45) is 1.65. The van der Waals surface area contributed by atoms with Gasteiger partial charge in [-0.2, -0.15) is 0 Å². The Kier molecular flexibility index (Phi) is 3.18. The lowest BCUT2D eigenvalue weighted by Gasteiger charge is -2.06. The normalized spacial score (nSPS) is 11.2. The molecular formula is C16H16N2OS. The van der Waals surface area contributed by atoms with Crippen LogP contribution in [0, 0.1) is 20.8 Å². The van der Waals surface area contributed by atoms with Gasteiger partial charge in [-0.15, -0.1) is 11.3 Å². The molecule has 0 saturated heterocycles. The van der Waals surface area contributed by atoms with Crippen molar-refractivity contribution in [1.29, 1.82) is 0 Å². The van der Waals surface area contributed by atoms with Crippen LogP contribution in [-0.4, -0.2) is 9.55 Å². The largest absolute Gasteiger partial charge is 0.294 e. The van der Waals surface area contributed by atoms with E-state index in [1.165, 1.54) is 5.56 Å². The molecule has 2 heterocycles. The molecule has 0 spiro atoms. The number of hydrogen-bond donors (Lipinski definition) is 0. The van der Waals surface area contributed by atoms with Crippen LogP contribution in [0.5, 0.6) is 0 Å². The first-order valence-corrected chi connectivity index (χ1v) is 7.38. The molecule has 3 rings (SSSR count). The maximum Gasteiger partial charge on any atom is 0.262 e. The Morgan fingerprint density at radius 1 is 1.15 bits per heavy atom. The van der Waals surface area contributed by atoms with E-state index in [9.17, 15) is 4.79 Å². The monoisotopic (exact) mass is 284 g/mol. The fourth-order valence-electron chi connectivity index (χ4n) is 2.27. The quantitative estimate of drug-likeness (QED) is 0.722. The predicted octanol–water partition coefficient (Wildman–Crippen LogP) is 3.43. The summed E-state index contributed by atoms with van der Waals surface area (Å²) in [5.41, 5.74) is 3.45. The SMILES string of the molecule is Cc1ccc(Cn2cnc3sc(C)c(C)c3c2=O)cc1. The second kappa shape index (κ2) is 4.87. The maximum atomic E-state index is 12.6. The van der Waals surface area contributed by atoms with Crippen molar-refractivity contribution in [3.05, 3.63) is 62.5 Å². The zero-order valence-electron chi connectivity index (χ0n) is 11.8. The van der Waals surface area contributed by atoms with Gasteiger partial charge in [0, 0.05) is 4.88 Å². The molecular weight excluding hydrogens is 268 g/mol. The standard InChI is InChI=1S/C16H16N2OS/c1-10-4-6-13(7-5-10)8-18-9-17-15-14(16(18)19)11(2)12(3)20-15/h4-7,9H,8H2,1-3H3. The Morgan fingerprint density at radius 3 is 2.55 bits per heavy atom. The van der Waals surface area contributed by atoms with Crippen molar-refractivity contribution in [1.82, 2.24) is 9.55 Å². The van der Waals surface area contributed by atoms with Gasteiger partial charge in [0.05, 0.1) is 18.3 Å². The Labute approximate surface area is 121 Å². The molecule has 2 aromatic heterocycles. The number of hydrogen-bond acceptors (Lipinski definition) is 3. The lowest BCUT2D eigenvalue weighted by atomic mass is 10.1. The second-order valence-corrected chi connectivity index (χ2v) is 6.33. The van der Waals surface area contributed by atoms with Crippen LogP contribution in [0.3, 0.4) is 0 Å². The molecule has 0 radical (unpaired) electrons. The minimum Gasteiger partial charge on any atom is -0.294 e. The number of aromatic nitrogens is 2. The number of rotatable bonds is 2. The highest BCUT2D eigenvalue weighted by molar-refractivity contribution is 7.18. The number of fused-ring (bicyclic) bond motifs is 1. The van der Waals surface area contributed by atoms with Gasteiger partial charge in [-0.3, -0.25) is 9.36 Å². The highest BCUT2D eigenvalue weighted by Gasteiger charge is 2.12. The first-order valence-electron chi connectivity index (χ1n) is 6.57. The molecule has 3 aromatic rings. The van der Waals surface area contributed by atoms with E-state index in [0.29, 0.717) is 6.54 Å². The van der Waals surface area contributed by atoms with E-state index < -0.39 is 0 Å². The van der Waals surface area contributed by atoms with Crippen LogP contribution >= 0.6 is 11.3 Å². The van der Waals surface area contributed by atoms with Crippen molar-refractivity contribution in [3.63, 3.8) is 0 Å². The molecule has 0 atom stereocenters. The summed E-state index contributed by atoms with van der Waals surface area (Å²) in [7, 11) is 0. The van der Waals surface area contributed by atoms with E-state index in [1.807, 2.05) is 13.8 Å². The van der Waals surface area contributed by atoms with Crippen LogP contribution in [0.4, 0.5) is 0 Å². The van der Waals surface area contributed by atoms with Crippen molar-refractivity contribution in [2.75, 3.05) is 0 Å². The van der Waals surface area contributed by atoms with E-state index in [2.05, 4.69) is 36.2 Å². The zero-order chi connectivity index (χ0) is 14.3. The van der Waals surface area contributed by atoms with Crippen LogP contribution in [0.1, 0.15) is 21.6 Å². The third-order valence-corrected chi connectivity index (χ3v) is 4.74. The molecule has 0 aliphatic heterocycles. The average Bonchev–Trinajstić information content (AvgIpc) is 2.72. The molecule has 0 unspecified atom stereocenters. The minimum atomic E-state index is 0.0532. The Balaban J connectivity index is 2.08. The van der Waals surface area contributed by atoms with Crippen LogP contribution in [0.15, 0.2) is 35.4 Å². The molecule has 0 bridgehead atoms. The van der Waals surface area contributed by atoms with Crippen molar-refractivity contribution >= 4 is 21.6 Å². The summed E-state index contributed by atoms with van der Waals surface area (Å²) < 4.78 is 1.69. The number of aryl methyl sites for hydroxylation is 3. The third-order valence-electron chi connectivity index (χ3n) is 3.63. The summed E-state index contributed by atoms with van der Waals surface area (Å²) in [5.74, 6) is 0. The van der Waals surface area contributed by atoms with Gasteiger partial charge in [0.25, 0.3) is 5.56 Å². The lowest BCUT2D eigenvalue weighted by Crippen LogP contribution is -2.21. The summed E-state index contributed by atoms with van der Waals surface area (Å²) in [6, 6.07) is 8.23. The number of benzene rings is 1. The van der Waals surface area contributed by atoms with Gasteiger partial charge in [0.1, 0.15) is 4.83 Å². The van der Waals surface area contributed by atoms with E-state index >= 15 is 0 Å². The summed E-state index contributed by atoms with van der Waals surface area (Å²) >= 11 is 1.59. The van der Waals surface area contributed by atoms with Gasteiger partial charge in [0.2, 0.25) is 0 Å². The first kappa shape index (κ1) is 13.1.